The highest BCUT2D eigenvalue weighted by Gasteiger charge is 2.33. The number of fused-ring (bicyclic) bond motifs is 1. The molecule has 1 aliphatic heterocycles. The molecule has 1 N–H and O–H groups in total. The highest BCUT2D eigenvalue weighted by Crippen LogP contribution is 2.32. The molecule has 1 amide bonds. The lowest BCUT2D eigenvalue weighted by molar-refractivity contribution is -0.137. The summed E-state index contributed by atoms with van der Waals surface area (Å²) in [5, 5.41) is 5.34. The van der Waals surface area contributed by atoms with E-state index in [1.165, 1.54) is 17.5 Å². The predicted molar refractivity (Wildman–Crippen MR) is 137 cm³/mol. The van der Waals surface area contributed by atoms with Crippen LogP contribution in [0, 0.1) is 11.8 Å². The van der Waals surface area contributed by atoms with Gasteiger partial charge in [-0.3, -0.25) is 9.69 Å². The van der Waals surface area contributed by atoms with E-state index in [1.807, 2.05) is 12.1 Å². The lowest BCUT2D eigenvalue weighted by atomic mass is 9.88. The van der Waals surface area contributed by atoms with Gasteiger partial charge < -0.3 is 14.8 Å². The fraction of sp³-hybridized carbons (Fsp3) is 0.414. The molecule has 4 rings (SSSR count). The van der Waals surface area contributed by atoms with Crippen LogP contribution in [0.25, 0.3) is 10.8 Å². The molecule has 1 aliphatic rings. The lowest BCUT2D eigenvalue weighted by Gasteiger charge is -2.37. The zero-order valence-corrected chi connectivity index (χ0v) is 21.0. The van der Waals surface area contributed by atoms with Crippen molar-refractivity contribution in [3.05, 3.63) is 77.9 Å². The van der Waals surface area contributed by atoms with Crippen molar-refractivity contribution in [3.63, 3.8) is 0 Å². The third-order valence-electron chi connectivity index (χ3n) is 6.68. The van der Waals surface area contributed by atoms with Gasteiger partial charge in [0.15, 0.2) is 0 Å². The molecule has 1 fully saturated rings. The van der Waals surface area contributed by atoms with Gasteiger partial charge in [-0.1, -0.05) is 42.5 Å². The van der Waals surface area contributed by atoms with Crippen LogP contribution < -0.4 is 10.1 Å². The molecule has 3 aromatic rings. The fourth-order valence-electron chi connectivity index (χ4n) is 4.89. The number of hydrogen-bond donors (Lipinski definition) is 1. The van der Waals surface area contributed by atoms with E-state index in [4.69, 9.17) is 9.47 Å². The Balaban J connectivity index is 1.44. The molecule has 0 spiro atoms. The second-order valence-electron chi connectivity index (χ2n) is 9.65. The first kappa shape index (κ1) is 26.9. The zero-order valence-electron chi connectivity index (χ0n) is 21.0. The third kappa shape index (κ3) is 7.69. The van der Waals surface area contributed by atoms with Gasteiger partial charge in [0.1, 0.15) is 5.75 Å². The quantitative estimate of drug-likeness (QED) is 0.362. The average Bonchev–Trinajstić information content (AvgIpc) is 2.89. The molecular formula is C29H33F3N2O3. The van der Waals surface area contributed by atoms with Crippen LogP contribution in [0.2, 0.25) is 0 Å². The highest BCUT2D eigenvalue weighted by atomic mass is 19.4. The van der Waals surface area contributed by atoms with Crippen LogP contribution in [0.4, 0.5) is 13.2 Å². The summed E-state index contributed by atoms with van der Waals surface area (Å²) >= 11 is 0. The molecule has 0 aliphatic carbocycles. The molecule has 0 unspecified atom stereocenters. The maximum atomic E-state index is 13.1. The summed E-state index contributed by atoms with van der Waals surface area (Å²) in [6, 6.07) is 19.5. The van der Waals surface area contributed by atoms with E-state index >= 15 is 0 Å². The second-order valence-corrected chi connectivity index (χ2v) is 9.65. The Morgan fingerprint density at radius 3 is 2.62 bits per heavy atom. The highest BCUT2D eigenvalue weighted by molar-refractivity contribution is 5.83. The Morgan fingerprint density at radius 1 is 1.03 bits per heavy atom. The lowest BCUT2D eigenvalue weighted by Crippen LogP contribution is -2.47. The molecule has 3 aromatic carbocycles. The molecular weight excluding hydrogens is 481 g/mol. The summed E-state index contributed by atoms with van der Waals surface area (Å²) in [4.78, 5) is 15.2. The summed E-state index contributed by atoms with van der Waals surface area (Å²) in [7, 11) is 1.63. The van der Waals surface area contributed by atoms with Crippen molar-refractivity contribution in [2.45, 2.75) is 25.6 Å². The molecule has 1 saturated heterocycles. The van der Waals surface area contributed by atoms with E-state index in [-0.39, 0.29) is 30.1 Å². The Labute approximate surface area is 215 Å². The smallest absolute Gasteiger partial charge is 0.416 e. The average molecular weight is 515 g/mol. The number of carbonyl (C=O) groups excluding carboxylic acids is 1. The minimum absolute atomic E-state index is 0.00141. The van der Waals surface area contributed by atoms with Gasteiger partial charge in [0.05, 0.1) is 18.1 Å². The summed E-state index contributed by atoms with van der Waals surface area (Å²) < 4.78 is 50.1. The first-order valence-corrected chi connectivity index (χ1v) is 12.6. The molecule has 8 heteroatoms. The fourth-order valence-corrected chi connectivity index (χ4v) is 4.89. The minimum atomic E-state index is -4.42. The molecule has 5 nitrogen and oxygen atoms in total. The van der Waals surface area contributed by atoms with Crippen molar-refractivity contribution in [3.8, 4) is 5.75 Å². The maximum Gasteiger partial charge on any atom is 0.416 e. The number of carbonyl (C=O) groups is 1. The SMILES string of the molecule is COCCCNC(=O)[C@@H]1C[C@H](COc2cccc(C(F)(F)F)c2)CN(Cc2ccc3ccccc3c2)C1. The van der Waals surface area contributed by atoms with Crippen LogP contribution in [-0.4, -0.2) is 50.8 Å². The summed E-state index contributed by atoms with van der Waals surface area (Å²) in [6.45, 7) is 3.34. The number of benzene rings is 3. The van der Waals surface area contributed by atoms with E-state index in [0.717, 1.165) is 29.5 Å². The van der Waals surface area contributed by atoms with Gasteiger partial charge in [0, 0.05) is 45.8 Å². The number of halogens is 3. The van der Waals surface area contributed by atoms with Gasteiger partial charge in [-0.25, -0.2) is 0 Å². The van der Waals surface area contributed by atoms with E-state index in [2.05, 4.69) is 40.5 Å². The van der Waals surface area contributed by atoms with Gasteiger partial charge in [0.2, 0.25) is 5.91 Å². The number of ether oxygens (including phenoxy) is 2. The minimum Gasteiger partial charge on any atom is -0.493 e. The second kappa shape index (κ2) is 12.4. The molecule has 1 heterocycles. The van der Waals surface area contributed by atoms with Gasteiger partial charge in [-0.2, -0.15) is 13.2 Å². The number of alkyl halides is 3. The van der Waals surface area contributed by atoms with Crippen molar-refractivity contribution in [1.29, 1.82) is 0 Å². The maximum absolute atomic E-state index is 13.1. The summed E-state index contributed by atoms with van der Waals surface area (Å²) in [5.74, 6) is -0.0595. The van der Waals surface area contributed by atoms with Crippen molar-refractivity contribution in [1.82, 2.24) is 10.2 Å². The Hall–Kier alpha value is -3.10. The number of nitrogens with zero attached hydrogens (tertiary/aromatic N) is 1. The molecule has 0 aromatic heterocycles. The third-order valence-corrected chi connectivity index (χ3v) is 6.68. The van der Waals surface area contributed by atoms with Crippen LogP contribution in [0.5, 0.6) is 5.75 Å². The number of rotatable bonds is 10. The molecule has 37 heavy (non-hydrogen) atoms. The molecule has 2 atom stereocenters. The van der Waals surface area contributed by atoms with Gasteiger partial charge in [-0.05, 0) is 53.4 Å². The topological polar surface area (TPSA) is 50.8 Å². The molecule has 0 bridgehead atoms. The van der Waals surface area contributed by atoms with Gasteiger partial charge in [-0.15, -0.1) is 0 Å². The van der Waals surface area contributed by atoms with Crippen LogP contribution >= 0.6 is 0 Å². The van der Waals surface area contributed by atoms with Crippen molar-refractivity contribution in [2.75, 3.05) is 40.0 Å². The summed E-state index contributed by atoms with van der Waals surface area (Å²) in [6.07, 6.45) is -3.08. The standard InChI is InChI=1S/C29H33F3N2O3/c1-36-13-5-12-33-28(35)25-15-22(20-37-27-9-4-8-26(16-27)29(30,31)32)18-34(19-25)17-21-10-11-23-6-2-3-7-24(23)14-21/h2-4,6-11,14,16,22,25H,5,12-13,15,17-20H2,1H3,(H,33,35)/t22-,25+/m0/s1. The van der Waals surface area contributed by atoms with Gasteiger partial charge in [0.25, 0.3) is 0 Å². The van der Waals surface area contributed by atoms with Crippen LogP contribution in [0.3, 0.4) is 0 Å². The largest absolute Gasteiger partial charge is 0.493 e. The number of piperidine rings is 1. The molecule has 0 saturated carbocycles. The van der Waals surface area contributed by atoms with E-state index in [9.17, 15) is 18.0 Å². The van der Waals surface area contributed by atoms with Crippen molar-refractivity contribution in [2.24, 2.45) is 11.8 Å². The first-order valence-electron chi connectivity index (χ1n) is 12.6. The Kier molecular flexibility index (Phi) is 9.05. The Morgan fingerprint density at radius 2 is 1.84 bits per heavy atom. The number of hydrogen-bond acceptors (Lipinski definition) is 4. The van der Waals surface area contributed by atoms with Crippen LogP contribution in [-0.2, 0) is 22.3 Å². The molecule has 0 radical (unpaired) electrons. The predicted octanol–water partition coefficient (Wildman–Crippen LogP) is 5.53. The zero-order chi connectivity index (χ0) is 26.3. The van der Waals surface area contributed by atoms with Crippen molar-refractivity contribution >= 4 is 16.7 Å². The number of nitrogens with one attached hydrogen (secondary N) is 1. The first-order chi connectivity index (χ1) is 17.8. The summed E-state index contributed by atoms with van der Waals surface area (Å²) in [5.41, 5.74) is 0.414. The Bertz CT molecular complexity index is 1180. The van der Waals surface area contributed by atoms with Crippen LogP contribution in [0.1, 0.15) is 24.0 Å². The number of amides is 1. The normalized spacial score (nSPS) is 18.6. The number of methoxy groups -OCH3 is 1. The van der Waals surface area contributed by atoms with Crippen LogP contribution in [0.15, 0.2) is 66.7 Å². The van der Waals surface area contributed by atoms with E-state index in [1.54, 1.807) is 7.11 Å². The van der Waals surface area contributed by atoms with E-state index < -0.39 is 11.7 Å². The number of likely N-dealkylation sites (tertiary alicyclic amines) is 1. The monoisotopic (exact) mass is 514 g/mol. The van der Waals surface area contributed by atoms with Crippen molar-refractivity contribution < 1.29 is 27.4 Å². The van der Waals surface area contributed by atoms with Gasteiger partial charge >= 0.3 is 6.18 Å². The molecule has 198 valence electrons. The van der Waals surface area contributed by atoms with E-state index in [0.29, 0.717) is 39.2 Å².